The first kappa shape index (κ1) is 11.9. The first-order valence-electron chi connectivity index (χ1n) is 6.47. The number of hydrogen-bond acceptors (Lipinski definition) is 3. The molecule has 4 nitrogen and oxygen atoms in total. The number of amides is 1. The topological polar surface area (TPSA) is 44.4 Å². The molecule has 1 heterocycles. The van der Waals surface area contributed by atoms with Crippen molar-refractivity contribution in [2.75, 3.05) is 26.7 Å². The van der Waals surface area contributed by atoms with Crippen LogP contribution in [-0.4, -0.2) is 49.6 Å². The molecule has 0 aromatic heterocycles. The van der Waals surface area contributed by atoms with Gasteiger partial charge in [-0.1, -0.05) is 12.8 Å². The lowest BCUT2D eigenvalue weighted by atomic mass is 10.2. The van der Waals surface area contributed by atoms with Crippen molar-refractivity contribution in [3.8, 4) is 0 Å². The second-order valence-corrected chi connectivity index (χ2v) is 5.02. The molecule has 2 aliphatic rings. The van der Waals surface area contributed by atoms with Crippen LogP contribution < -0.4 is 10.6 Å². The maximum atomic E-state index is 11.4. The molecule has 92 valence electrons. The van der Waals surface area contributed by atoms with Crippen LogP contribution in [0.2, 0.25) is 0 Å². The van der Waals surface area contributed by atoms with Gasteiger partial charge in [-0.15, -0.1) is 0 Å². The molecule has 1 aliphatic heterocycles. The molecule has 0 aromatic carbocycles. The normalized spacial score (nSPS) is 27.4. The Morgan fingerprint density at radius 1 is 1.31 bits per heavy atom. The summed E-state index contributed by atoms with van der Waals surface area (Å²) in [5.74, 6) is 0.126. The van der Waals surface area contributed by atoms with Crippen LogP contribution in [0.3, 0.4) is 0 Å². The molecular weight excluding hydrogens is 202 g/mol. The fourth-order valence-electron chi connectivity index (χ4n) is 2.95. The number of carbonyl (C=O) groups excluding carboxylic acids is 1. The van der Waals surface area contributed by atoms with E-state index in [0.717, 1.165) is 25.6 Å². The molecule has 1 saturated carbocycles. The molecule has 0 radical (unpaired) electrons. The zero-order valence-corrected chi connectivity index (χ0v) is 10.2. The molecule has 2 rings (SSSR count). The minimum Gasteiger partial charge on any atom is -0.351 e. The van der Waals surface area contributed by atoms with Crippen LogP contribution in [0.5, 0.6) is 0 Å². The summed E-state index contributed by atoms with van der Waals surface area (Å²) in [5, 5.41) is 5.97. The highest BCUT2D eigenvalue weighted by molar-refractivity contribution is 5.78. The van der Waals surface area contributed by atoms with Gasteiger partial charge >= 0.3 is 0 Å². The highest BCUT2D eigenvalue weighted by Gasteiger charge is 2.30. The molecule has 0 spiro atoms. The summed E-state index contributed by atoms with van der Waals surface area (Å²) in [4.78, 5) is 14.0. The van der Waals surface area contributed by atoms with E-state index in [1.54, 1.807) is 7.05 Å². The molecule has 1 amide bonds. The van der Waals surface area contributed by atoms with Gasteiger partial charge in [0.2, 0.25) is 5.91 Å². The van der Waals surface area contributed by atoms with E-state index in [1.807, 2.05) is 0 Å². The van der Waals surface area contributed by atoms with Gasteiger partial charge in [0.15, 0.2) is 0 Å². The Morgan fingerprint density at radius 2 is 2.06 bits per heavy atom. The van der Waals surface area contributed by atoms with Gasteiger partial charge < -0.3 is 10.6 Å². The lowest BCUT2D eigenvalue weighted by Gasteiger charge is -2.23. The predicted octanol–water partition coefficient (Wildman–Crippen LogP) is 0.339. The van der Waals surface area contributed by atoms with E-state index in [1.165, 1.54) is 25.7 Å². The van der Waals surface area contributed by atoms with Crippen molar-refractivity contribution in [3.63, 3.8) is 0 Å². The summed E-state index contributed by atoms with van der Waals surface area (Å²) in [6, 6.07) is 1.17. The maximum absolute atomic E-state index is 11.4. The van der Waals surface area contributed by atoms with E-state index in [9.17, 15) is 4.79 Å². The third kappa shape index (κ3) is 2.95. The third-order valence-electron chi connectivity index (χ3n) is 3.76. The minimum atomic E-state index is 0.126. The predicted molar refractivity (Wildman–Crippen MR) is 64.3 cm³/mol. The van der Waals surface area contributed by atoms with E-state index in [2.05, 4.69) is 15.5 Å². The highest BCUT2D eigenvalue weighted by atomic mass is 16.2. The Kier molecular flexibility index (Phi) is 4.18. The number of nitrogens with one attached hydrogen (secondary N) is 2. The largest absolute Gasteiger partial charge is 0.351 e. The first-order valence-corrected chi connectivity index (χ1v) is 6.47. The fourth-order valence-corrected chi connectivity index (χ4v) is 2.95. The van der Waals surface area contributed by atoms with Gasteiger partial charge in [-0.05, 0) is 26.3 Å². The average Bonchev–Trinajstić information content (AvgIpc) is 2.86. The van der Waals surface area contributed by atoms with Crippen LogP contribution in [0, 0.1) is 0 Å². The van der Waals surface area contributed by atoms with E-state index in [0.29, 0.717) is 12.6 Å². The van der Waals surface area contributed by atoms with Crippen molar-refractivity contribution >= 4 is 5.91 Å². The van der Waals surface area contributed by atoms with Crippen molar-refractivity contribution < 1.29 is 4.79 Å². The van der Waals surface area contributed by atoms with E-state index in [-0.39, 0.29) is 5.91 Å². The Balaban J connectivity index is 1.72. The minimum absolute atomic E-state index is 0.126. The summed E-state index contributed by atoms with van der Waals surface area (Å²) in [7, 11) is 1.80. The SMILES string of the molecule is CNCC(=O)NC1CCN(C2CCCC2)C1. The number of hydrogen-bond donors (Lipinski definition) is 2. The maximum Gasteiger partial charge on any atom is 0.234 e. The van der Waals surface area contributed by atoms with Crippen molar-refractivity contribution in [1.29, 1.82) is 0 Å². The fraction of sp³-hybridized carbons (Fsp3) is 0.917. The van der Waals surface area contributed by atoms with Gasteiger partial charge in [0.1, 0.15) is 0 Å². The van der Waals surface area contributed by atoms with E-state index >= 15 is 0 Å². The molecule has 4 heteroatoms. The number of likely N-dealkylation sites (N-methyl/N-ethyl adjacent to an activating group) is 1. The smallest absolute Gasteiger partial charge is 0.234 e. The van der Waals surface area contributed by atoms with Crippen molar-refractivity contribution in [2.45, 2.75) is 44.2 Å². The standard InChI is InChI=1S/C12H23N3O/c1-13-8-12(16)14-10-6-7-15(9-10)11-4-2-3-5-11/h10-11,13H,2-9H2,1H3,(H,14,16). The molecule has 1 aliphatic carbocycles. The second kappa shape index (κ2) is 5.64. The Morgan fingerprint density at radius 3 is 2.75 bits per heavy atom. The summed E-state index contributed by atoms with van der Waals surface area (Å²) in [6.07, 6.45) is 6.61. The van der Waals surface area contributed by atoms with E-state index in [4.69, 9.17) is 0 Å². The summed E-state index contributed by atoms with van der Waals surface area (Å²) < 4.78 is 0. The molecular formula is C12H23N3O. The molecule has 16 heavy (non-hydrogen) atoms. The van der Waals surface area contributed by atoms with Gasteiger partial charge in [0, 0.05) is 25.2 Å². The molecule has 1 atom stereocenters. The molecule has 2 fully saturated rings. The average molecular weight is 225 g/mol. The van der Waals surface area contributed by atoms with Gasteiger partial charge in [0.05, 0.1) is 6.54 Å². The quantitative estimate of drug-likeness (QED) is 0.725. The number of nitrogens with zero attached hydrogens (tertiary/aromatic N) is 1. The first-order chi connectivity index (χ1) is 7.79. The Bertz CT molecular complexity index is 238. The summed E-state index contributed by atoms with van der Waals surface area (Å²) in [5.41, 5.74) is 0. The van der Waals surface area contributed by atoms with Crippen LogP contribution in [0.15, 0.2) is 0 Å². The third-order valence-corrected chi connectivity index (χ3v) is 3.76. The van der Waals surface area contributed by atoms with Gasteiger partial charge in [-0.3, -0.25) is 9.69 Å². The van der Waals surface area contributed by atoms with E-state index < -0.39 is 0 Å². The number of likely N-dealkylation sites (tertiary alicyclic amines) is 1. The second-order valence-electron chi connectivity index (χ2n) is 5.02. The van der Waals surface area contributed by atoms with Crippen molar-refractivity contribution in [3.05, 3.63) is 0 Å². The van der Waals surface area contributed by atoms with Crippen molar-refractivity contribution in [2.24, 2.45) is 0 Å². The van der Waals surface area contributed by atoms with Crippen molar-refractivity contribution in [1.82, 2.24) is 15.5 Å². The van der Waals surface area contributed by atoms with Crippen LogP contribution in [0.1, 0.15) is 32.1 Å². The van der Waals surface area contributed by atoms with Gasteiger partial charge in [-0.2, -0.15) is 0 Å². The van der Waals surface area contributed by atoms with Crippen LogP contribution >= 0.6 is 0 Å². The monoisotopic (exact) mass is 225 g/mol. The van der Waals surface area contributed by atoms with Crippen LogP contribution in [0.4, 0.5) is 0 Å². The Hall–Kier alpha value is -0.610. The van der Waals surface area contributed by atoms with Crippen LogP contribution in [-0.2, 0) is 4.79 Å². The zero-order chi connectivity index (χ0) is 11.4. The van der Waals surface area contributed by atoms with Crippen LogP contribution in [0.25, 0.3) is 0 Å². The summed E-state index contributed by atoms with van der Waals surface area (Å²) in [6.45, 7) is 2.65. The lowest BCUT2D eigenvalue weighted by Crippen LogP contribution is -2.42. The number of rotatable bonds is 4. The molecule has 0 bridgehead atoms. The Labute approximate surface area is 97.8 Å². The molecule has 1 unspecified atom stereocenters. The number of carbonyl (C=O) groups is 1. The molecule has 1 saturated heterocycles. The molecule has 0 aromatic rings. The summed E-state index contributed by atoms with van der Waals surface area (Å²) >= 11 is 0. The zero-order valence-electron chi connectivity index (χ0n) is 10.2. The highest BCUT2D eigenvalue weighted by Crippen LogP contribution is 2.26. The van der Waals surface area contributed by atoms with Gasteiger partial charge in [0.25, 0.3) is 0 Å². The lowest BCUT2D eigenvalue weighted by molar-refractivity contribution is -0.120. The van der Waals surface area contributed by atoms with Gasteiger partial charge in [-0.25, -0.2) is 0 Å². The molecule has 2 N–H and O–H groups in total.